The van der Waals surface area contributed by atoms with Crippen molar-refractivity contribution in [2.45, 2.75) is 69.5 Å². The van der Waals surface area contributed by atoms with Crippen molar-refractivity contribution in [3.8, 4) is 5.75 Å². The number of carbonyl (C=O) groups is 4. The average Bonchev–Trinajstić information content (AvgIpc) is 3.44. The highest BCUT2D eigenvalue weighted by Crippen LogP contribution is 2.27. The summed E-state index contributed by atoms with van der Waals surface area (Å²) < 4.78 is 61.9. The van der Waals surface area contributed by atoms with Gasteiger partial charge in [-0.3, -0.25) is 9.59 Å². The molecular formula is C30H37N3O10S2. The molecule has 2 aliphatic heterocycles. The topological polar surface area (TPSA) is 174 Å². The molecule has 2 atom stereocenters. The van der Waals surface area contributed by atoms with E-state index in [4.69, 9.17) is 9.47 Å². The lowest BCUT2D eigenvalue weighted by molar-refractivity contribution is -0.158. The molecule has 2 heterocycles. The summed E-state index contributed by atoms with van der Waals surface area (Å²) in [5.74, 6) is -3.25. The molecule has 0 radical (unpaired) electrons. The van der Waals surface area contributed by atoms with Crippen molar-refractivity contribution in [1.29, 1.82) is 0 Å². The lowest BCUT2D eigenvalue weighted by Gasteiger charge is -2.28. The number of sulfonamides is 1. The number of hydrogen-bond acceptors (Lipinski definition) is 10. The largest absolute Gasteiger partial charge is 0.458 e. The van der Waals surface area contributed by atoms with Crippen molar-refractivity contribution in [2.24, 2.45) is 0 Å². The van der Waals surface area contributed by atoms with E-state index in [9.17, 15) is 36.0 Å². The Hall–Kier alpha value is -3.82. The summed E-state index contributed by atoms with van der Waals surface area (Å²) in [6.45, 7) is 6.74. The standard InChI is InChI=1S/C30H37N3O10S2/c1-20-7-13-23(14-8-20)45(40,41)33-15-5-6-25(33)27(35)31-24(28(36)43-30(2,3)4)18-21-9-11-22(12-10-21)42-29(37)32-16-17-44(38,39)19-26(32)34/h7-14,24-25H,5-6,15-19H2,1-4H3,(H,31,35)/t24-,25-/m0/s1. The van der Waals surface area contributed by atoms with Crippen LogP contribution in [0.4, 0.5) is 4.79 Å². The molecule has 1 N–H and O–H groups in total. The van der Waals surface area contributed by atoms with E-state index >= 15 is 0 Å². The van der Waals surface area contributed by atoms with Crippen LogP contribution in [0.2, 0.25) is 0 Å². The van der Waals surface area contributed by atoms with Crippen molar-refractivity contribution in [3.05, 3.63) is 59.7 Å². The predicted octanol–water partition coefficient (Wildman–Crippen LogP) is 1.97. The van der Waals surface area contributed by atoms with Gasteiger partial charge in [0.05, 0.1) is 10.6 Å². The van der Waals surface area contributed by atoms with Crippen LogP contribution in [0.1, 0.15) is 44.7 Å². The van der Waals surface area contributed by atoms with E-state index in [1.807, 2.05) is 6.92 Å². The summed E-state index contributed by atoms with van der Waals surface area (Å²) in [4.78, 5) is 52.0. The van der Waals surface area contributed by atoms with Gasteiger partial charge in [0.1, 0.15) is 29.2 Å². The molecule has 0 bridgehead atoms. The number of aryl methyl sites for hydroxylation is 1. The fraction of sp³-hybridized carbons (Fsp3) is 0.467. The maximum Gasteiger partial charge on any atom is 0.422 e. The maximum absolute atomic E-state index is 13.5. The first kappa shape index (κ1) is 34.1. The van der Waals surface area contributed by atoms with Gasteiger partial charge >= 0.3 is 12.1 Å². The highest BCUT2D eigenvalue weighted by Gasteiger charge is 2.41. The molecule has 4 rings (SSSR count). The van der Waals surface area contributed by atoms with E-state index in [-0.39, 0.29) is 42.3 Å². The molecule has 15 heteroatoms. The number of hydrogen-bond donors (Lipinski definition) is 1. The minimum Gasteiger partial charge on any atom is -0.458 e. The second-order valence-corrected chi connectivity index (χ2v) is 16.1. The Morgan fingerprint density at radius 1 is 1.02 bits per heavy atom. The molecule has 0 aromatic heterocycles. The van der Waals surface area contributed by atoms with Gasteiger partial charge in [-0.25, -0.2) is 31.3 Å². The Labute approximate surface area is 262 Å². The number of rotatable bonds is 8. The molecule has 0 unspecified atom stereocenters. The molecule has 0 spiro atoms. The molecule has 244 valence electrons. The number of sulfone groups is 1. The normalized spacial score (nSPS) is 19.5. The molecular weight excluding hydrogens is 626 g/mol. The number of amides is 3. The van der Waals surface area contributed by atoms with Crippen molar-refractivity contribution >= 4 is 43.7 Å². The summed E-state index contributed by atoms with van der Waals surface area (Å²) in [7, 11) is -7.51. The molecule has 2 aliphatic rings. The third-order valence-corrected chi connectivity index (χ3v) is 10.6. The second kappa shape index (κ2) is 13.3. The number of benzene rings is 2. The average molecular weight is 664 g/mol. The van der Waals surface area contributed by atoms with Crippen LogP contribution >= 0.6 is 0 Å². The highest BCUT2D eigenvalue weighted by atomic mass is 32.2. The van der Waals surface area contributed by atoms with Crippen LogP contribution < -0.4 is 10.1 Å². The zero-order valence-electron chi connectivity index (χ0n) is 25.5. The van der Waals surface area contributed by atoms with Gasteiger partial charge in [0.15, 0.2) is 9.84 Å². The van der Waals surface area contributed by atoms with Crippen LogP contribution in [0.25, 0.3) is 0 Å². The van der Waals surface area contributed by atoms with Crippen LogP contribution in [0.15, 0.2) is 53.4 Å². The van der Waals surface area contributed by atoms with Gasteiger partial charge in [-0.2, -0.15) is 4.31 Å². The summed E-state index contributed by atoms with van der Waals surface area (Å²) in [5, 5.41) is 2.70. The fourth-order valence-electron chi connectivity index (χ4n) is 4.94. The summed E-state index contributed by atoms with van der Waals surface area (Å²) in [6.07, 6.45) is -0.277. The zero-order valence-corrected chi connectivity index (χ0v) is 27.1. The van der Waals surface area contributed by atoms with E-state index in [2.05, 4.69) is 5.32 Å². The Kier molecular flexibility index (Phi) is 10.0. The first-order chi connectivity index (χ1) is 20.9. The number of imide groups is 1. The van der Waals surface area contributed by atoms with Crippen LogP contribution in [-0.4, -0.2) is 92.2 Å². The smallest absolute Gasteiger partial charge is 0.422 e. The fourth-order valence-corrected chi connectivity index (χ4v) is 7.73. The SMILES string of the molecule is Cc1ccc(S(=O)(=O)N2CCC[C@H]2C(=O)N[C@@H](Cc2ccc(OC(=O)N3CCS(=O)(=O)CC3=O)cc2)C(=O)OC(C)(C)C)cc1. The Bertz CT molecular complexity index is 1670. The lowest BCUT2D eigenvalue weighted by atomic mass is 10.0. The van der Waals surface area contributed by atoms with E-state index in [1.165, 1.54) is 24.3 Å². The van der Waals surface area contributed by atoms with E-state index < -0.39 is 67.2 Å². The maximum atomic E-state index is 13.5. The van der Waals surface area contributed by atoms with Crippen LogP contribution in [0.3, 0.4) is 0 Å². The van der Waals surface area contributed by atoms with Gasteiger partial charge in [-0.1, -0.05) is 29.8 Å². The van der Waals surface area contributed by atoms with E-state index in [0.717, 1.165) is 14.8 Å². The number of nitrogens with one attached hydrogen (secondary N) is 1. The molecule has 2 aromatic carbocycles. The van der Waals surface area contributed by atoms with Gasteiger partial charge in [0.25, 0.3) is 0 Å². The van der Waals surface area contributed by atoms with Crippen molar-refractivity contribution < 1.29 is 45.5 Å². The number of carbonyl (C=O) groups excluding carboxylic acids is 4. The highest BCUT2D eigenvalue weighted by molar-refractivity contribution is 7.92. The van der Waals surface area contributed by atoms with E-state index in [1.54, 1.807) is 45.0 Å². The van der Waals surface area contributed by atoms with E-state index in [0.29, 0.717) is 12.0 Å². The zero-order chi connectivity index (χ0) is 33.2. The predicted molar refractivity (Wildman–Crippen MR) is 162 cm³/mol. The molecule has 3 amide bonds. The monoisotopic (exact) mass is 663 g/mol. The molecule has 0 aliphatic carbocycles. The molecule has 13 nitrogen and oxygen atoms in total. The summed E-state index contributed by atoms with van der Waals surface area (Å²) in [6, 6.07) is 10.1. The minimum absolute atomic E-state index is 0.0191. The first-order valence-corrected chi connectivity index (χ1v) is 17.6. The number of nitrogens with zero attached hydrogens (tertiary/aromatic N) is 2. The molecule has 45 heavy (non-hydrogen) atoms. The second-order valence-electron chi connectivity index (χ2n) is 12.0. The summed E-state index contributed by atoms with van der Waals surface area (Å²) in [5.41, 5.74) is 0.588. The first-order valence-electron chi connectivity index (χ1n) is 14.4. The molecule has 2 fully saturated rings. The van der Waals surface area contributed by atoms with Crippen molar-refractivity contribution in [1.82, 2.24) is 14.5 Å². The van der Waals surface area contributed by atoms with Gasteiger partial charge < -0.3 is 14.8 Å². The number of ether oxygens (including phenoxy) is 2. The Morgan fingerprint density at radius 2 is 1.67 bits per heavy atom. The minimum atomic E-state index is -3.97. The van der Waals surface area contributed by atoms with Crippen LogP contribution in [0.5, 0.6) is 5.75 Å². The molecule has 2 aromatic rings. The third-order valence-electron chi connectivity index (χ3n) is 7.20. The number of esters is 1. The Balaban J connectivity index is 1.47. The van der Waals surface area contributed by atoms with Crippen molar-refractivity contribution in [3.63, 3.8) is 0 Å². The van der Waals surface area contributed by atoms with Gasteiger partial charge in [0.2, 0.25) is 21.8 Å². The molecule has 0 saturated carbocycles. The van der Waals surface area contributed by atoms with Gasteiger partial charge in [-0.05, 0) is 70.4 Å². The Morgan fingerprint density at radius 3 is 2.27 bits per heavy atom. The van der Waals surface area contributed by atoms with Gasteiger partial charge in [-0.15, -0.1) is 0 Å². The third kappa shape index (κ3) is 8.67. The van der Waals surface area contributed by atoms with Gasteiger partial charge in [0, 0.05) is 19.5 Å². The molecule has 2 saturated heterocycles. The summed E-state index contributed by atoms with van der Waals surface area (Å²) >= 11 is 0. The van der Waals surface area contributed by atoms with Crippen LogP contribution in [0, 0.1) is 6.92 Å². The van der Waals surface area contributed by atoms with Crippen LogP contribution in [-0.2, 0) is 45.4 Å². The van der Waals surface area contributed by atoms with Crippen molar-refractivity contribution in [2.75, 3.05) is 24.6 Å². The quantitative estimate of drug-likeness (QED) is 0.412. The lowest BCUT2D eigenvalue weighted by Crippen LogP contribution is -2.52.